The Kier molecular flexibility index (Phi) is 3.95. The van der Waals surface area contributed by atoms with Gasteiger partial charge in [-0.25, -0.2) is 4.98 Å². The molecule has 0 saturated carbocycles. The molecule has 0 N–H and O–H groups in total. The van der Waals surface area contributed by atoms with E-state index in [0.717, 1.165) is 16.8 Å². The van der Waals surface area contributed by atoms with Gasteiger partial charge in [0, 0.05) is 5.69 Å². The summed E-state index contributed by atoms with van der Waals surface area (Å²) in [7, 11) is 0. The summed E-state index contributed by atoms with van der Waals surface area (Å²) in [6.07, 6.45) is 0. The van der Waals surface area contributed by atoms with Crippen molar-refractivity contribution < 1.29 is 9.53 Å². The third-order valence-electron chi connectivity index (χ3n) is 2.88. The van der Waals surface area contributed by atoms with Crippen LogP contribution in [0.3, 0.4) is 0 Å². The van der Waals surface area contributed by atoms with Gasteiger partial charge in [0.2, 0.25) is 5.88 Å². The Labute approximate surface area is 113 Å². The molecule has 0 radical (unpaired) electrons. The van der Waals surface area contributed by atoms with Crippen LogP contribution in [-0.4, -0.2) is 10.8 Å². The summed E-state index contributed by atoms with van der Waals surface area (Å²) in [4.78, 5) is 16.0. The third kappa shape index (κ3) is 3.19. The summed E-state index contributed by atoms with van der Waals surface area (Å²) in [6, 6.07) is 11.7. The maximum atomic E-state index is 11.7. The number of ketones is 1. The van der Waals surface area contributed by atoms with Crippen LogP contribution in [0.15, 0.2) is 36.4 Å². The molecule has 0 saturated heterocycles. The van der Waals surface area contributed by atoms with Crippen LogP contribution in [-0.2, 0) is 6.61 Å². The number of ether oxygens (including phenoxy) is 1. The second-order valence-corrected chi connectivity index (χ2v) is 4.59. The number of aromatic nitrogens is 1. The lowest BCUT2D eigenvalue weighted by Crippen LogP contribution is -2.07. The molecule has 0 unspecified atom stereocenters. The second-order valence-electron chi connectivity index (χ2n) is 4.59. The largest absolute Gasteiger partial charge is 0.472 e. The van der Waals surface area contributed by atoms with E-state index < -0.39 is 0 Å². The van der Waals surface area contributed by atoms with Crippen molar-refractivity contribution in [2.75, 3.05) is 0 Å². The van der Waals surface area contributed by atoms with Crippen molar-refractivity contribution in [2.24, 2.45) is 0 Å². The van der Waals surface area contributed by atoms with E-state index >= 15 is 0 Å². The number of carbonyl (C=O) groups is 1. The van der Waals surface area contributed by atoms with Crippen LogP contribution in [0.4, 0.5) is 0 Å². The molecule has 3 heteroatoms. The summed E-state index contributed by atoms with van der Waals surface area (Å²) in [5.74, 6) is 0.405. The Bertz CT molecular complexity index is 591. The fourth-order valence-corrected chi connectivity index (χ4v) is 2.06. The lowest BCUT2D eigenvalue weighted by atomic mass is 10.1. The van der Waals surface area contributed by atoms with Gasteiger partial charge in [0.25, 0.3) is 0 Å². The Morgan fingerprint density at radius 2 is 1.89 bits per heavy atom. The van der Waals surface area contributed by atoms with E-state index in [-0.39, 0.29) is 5.78 Å². The van der Waals surface area contributed by atoms with Gasteiger partial charge in [0.15, 0.2) is 5.78 Å². The molecule has 98 valence electrons. The average Bonchev–Trinajstić information content (AvgIpc) is 2.36. The second kappa shape index (κ2) is 5.65. The Morgan fingerprint density at radius 3 is 2.53 bits per heavy atom. The number of aryl methyl sites for hydroxylation is 2. The summed E-state index contributed by atoms with van der Waals surface area (Å²) < 4.78 is 5.71. The minimum atomic E-state index is -0.0203. The van der Waals surface area contributed by atoms with Crippen LogP contribution in [0, 0.1) is 13.8 Å². The van der Waals surface area contributed by atoms with E-state index in [1.807, 2.05) is 50.2 Å². The van der Waals surface area contributed by atoms with Gasteiger partial charge in [-0.15, -0.1) is 0 Å². The zero-order valence-electron chi connectivity index (χ0n) is 11.4. The zero-order chi connectivity index (χ0) is 13.8. The molecule has 2 aromatic rings. The van der Waals surface area contributed by atoms with E-state index in [2.05, 4.69) is 4.98 Å². The van der Waals surface area contributed by atoms with Crippen molar-refractivity contribution in [2.45, 2.75) is 27.4 Å². The first-order chi connectivity index (χ1) is 9.08. The Morgan fingerprint density at radius 1 is 1.21 bits per heavy atom. The first kappa shape index (κ1) is 13.3. The number of carbonyl (C=O) groups excluding carboxylic acids is 1. The van der Waals surface area contributed by atoms with Gasteiger partial charge < -0.3 is 4.74 Å². The molecule has 19 heavy (non-hydrogen) atoms. The molecule has 0 aliphatic heterocycles. The average molecular weight is 255 g/mol. The lowest BCUT2D eigenvalue weighted by molar-refractivity contribution is 0.101. The smallest absolute Gasteiger partial charge is 0.225 e. The topological polar surface area (TPSA) is 39.2 Å². The number of Topliss-reactive ketones (excluding diaryl/α,β-unsaturated/α-hetero) is 1. The fourth-order valence-electron chi connectivity index (χ4n) is 2.06. The molecule has 0 aliphatic carbocycles. The summed E-state index contributed by atoms with van der Waals surface area (Å²) in [5, 5.41) is 0. The molecule has 0 atom stereocenters. The van der Waals surface area contributed by atoms with Crippen LogP contribution in [0.1, 0.15) is 34.1 Å². The molecular weight excluding hydrogens is 238 g/mol. The number of benzene rings is 1. The van der Waals surface area contributed by atoms with Gasteiger partial charge >= 0.3 is 0 Å². The van der Waals surface area contributed by atoms with Gasteiger partial charge in [-0.3, -0.25) is 4.79 Å². The summed E-state index contributed by atoms with van der Waals surface area (Å²) in [5.41, 5.74) is 3.38. The van der Waals surface area contributed by atoms with Crippen molar-refractivity contribution >= 4 is 5.78 Å². The maximum Gasteiger partial charge on any atom is 0.225 e. The minimum absolute atomic E-state index is 0.0203. The highest BCUT2D eigenvalue weighted by Gasteiger charge is 2.14. The van der Waals surface area contributed by atoms with E-state index in [1.54, 1.807) is 0 Å². The van der Waals surface area contributed by atoms with Crippen molar-refractivity contribution in [3.8, 4) is 5.88 Å². The molecule has 0 amide bonds. The molecule has 3 nitrogen and oxygen atoms in total. The molecular formula is C16H17NO2. The van der Waals surface area contributed by atoms with E-state index in [0.29, 0.717) is 18.1 Å². The van der Waals surface area contributed by atoms with Crippen LogP contribution >= 0.6 is 0 Å². The number of hydrogen-bond donors (Lipinski definition) is 0. The fraction of sp³-hybridized carbons (Fsp3) is 0.250. The first-order valence-corrected chi connectivity index (χ1v) is 6.24. The number of pyridine rings is 1. The van der Waals surface area contributed by atoms with Crippen LogP contribution < -0.4 is 4.74 Å². The zero-order valence-corrected chi connectivity index (χ0v) is 11.4. The summed E-state index contributed by atoms with van der Waals surface area (Å²) >= 11 is 0. The van der Waals surface area contributed by atoms with Crippen molar-refractivity contribution in [1.82, 2.24) is 4.98 Å². The normalized spacial score (nSPS) is 10.3. The van der Waals surface area contributed by atoms with E-state index in [1.165, 1.54) is 6.92 Å². The Hall–Kier alpha value is -2.16. The predicted octanol–water partition coefficient (Wildman–Crippen LogP) is 3.48. The molecule has 1 aromatic carbocycles. The highest BCUT2D eigenvalue weighted by Crippen LogP contribution is 2.22. The molecule has 1 aromatic heterocycles. The van der Waals surface area contributed by atoms with Crippen LogP contribution in [0.5, 0.6) is 5.88 Å². The standard InChI is InChI=1S/C16H17NO2/c1-11-9-12(2)17-16(15(11)13(3)18)19-10-14-7-5-4-6-8-14/h4-9H,10H2,1-3H3. The number of hydrogen-bond acceptors (Lipinski definition) is 3. The highest BCUT2D eigenvalue weighted by molar-refractivity contribution is 5.97. The maximum absolute atomic E-state index is 11.7. The van der Waals surface area contributed by atoms with Crippen molar-refractivity contribution in [3.63, 3.8) is 0 Å². The number of nitrogens with zero attached hydrogens (tertiary/aromatic N) is 1. The quantitative estimate of drug-likeness (QED) is 0.785. The first-order valence-electron chi connectivity index (χ1n) is 6.24. The molecule has 0 spiro atoms. The van der Waals surface area contributed by atoms with Gasteiger partial charge in [0.05, 0.1) is 5.56 Å². The molecule has 0 bridgehead atoms. The number of rotatable bonds is 4. The molecule has 0 fully saturated rings. The highest BCUT2D eigenvalue weighted by atomic mass is 16.5. The molecule has 1 heterocycles. The van der Waals surface area contributed by atoms with Gasteiger partial charge in [-0.1, -0.05) is 30.3 Å². The SMILES string of the molecule is CC(=O)c1c(C)cc(C)nc1OCc1ccccc1. The molecule has 2 rings (SSSR count). The van der Waals surface area contributed by atoms with E-state index in [4.69, 9.17) is 4.74 Å². The third-order valence-corrected chi connectivity index (χ3v) is 2.88. The van der Waals surface area contributed by atoms with Crippen molar-refractivity contribution in [1.29, 1.82) is 0 Å². The molecule has 0 aliphatic rings. The van der Waals surface area contributed by atoms with Crippen LogP contribution in [0.25, 0.3) is 0 Å². The monoisotopic (exact) mass is 255 g/mol. The van der Waals surface area contributed by atoms with Gasteiger partial charge in [0.1, 0.15) is 6.61 Å². The van der Waals surface area contributed by atoms with Crippen LogP contribution in [0.2, 0.25) is 0 Å². The minimum Gasteiger partial charge on any atom is -0.472 e. The van der Waals surface area contributed by atoms with E-state index in [9.17, 15) is 4.79 Å². The lowest BCUT2D eigenvalue weighted by Gasteiger charge is -2.12. The van der Waals surface area contributed by atoms with Crippen molar-refractivity contribution in [3.05, 3.63) is 58.8 Å². The Balaban J connectivity index is 2.27. The van der Waals surface area contributed by atoms with Gasteiger partial charge in [-0.2, -0.15) is 0 Å². The predicted molar refractivity (Wildman–Crippen MR) is 74.5 cm³/mol. The van der Waals surface area contributed by atoms with Gasteiger partial charge in [-0.05, 0) is 38.0 Å². The summed E-state index contributed by atoms with van der Waals surface area (Å²) in [6.45, 7) is 5.75.